The smallest absolute Gasteiger partial charge is 0.190 e. The van der Waals surface area contributed by atoms with Gasteiger partial charge >= 0.3 is 0 Å². The normalized spacial score (nSPS) is 43.0. The highest BCUT2D eigenvalue weighted by molar-refractivity contribution is 6.21. The Morgan fingerprint density at radius 3 is 2.50 bits per heavy atom. The molecular formula is C2H5ClN2O. The molecule has 0 aromatic rings. The predicted molar refractivity (Wildman–Crippen MR) is 21.6 cm³/mol. The van der Waals surface area contributed by atoms with Crippen molar-refractivity contribution < 1.29 is 4.84 Å². The topological polar surface area (TPSA) is 34.2 Å². The van der Waals surface area contributed by atoms with Gasteiger partial charge in [0, 0.05) is 0 Å². The average molecular weight is 109 g/mol. The molecule has 1 saturated heterocycles. The summed E-state index contributed by atoms with van der Waals surface area (Å²) in [6, 6.07) is 0. The molecule has 3 nitrogen and oxygen atoms in total. The number of rotatable bonds is 1. The molecule has 1 aliphatic heterocycles. The molecule has 0 aliphatic carbocycles. The van der Waals surface area contributed by atoms with Crippen LogP contribution in [0.3, 0.4) is 0 Å². The maximum Gasteiger partial charge on any atom is 0.190 e. The third kappa shape index (κ3) is 0.628. The van der Waals surface area contributed by atoms with E-state index in [2.05, 4.69) is 10.3 Å². The molecule has 2 unspecified atom stereocenters. The van der Waals surface area contributed by atoms with E-state index >= 15 is 0 Å². The summed E-state index contributed by atoms with van der Waals surface area (Å²) in [5, 5.41) is 1.43. The van der Waals surface area contributed by atoms with Gasteiger partial charge in [0.1, 0.15) is 0 Å². The molecule has 0 bridgehead atoms. The highest BCUT2D eigenvalue weighted by atomic mass is 35.5. The Labute approximate surface area is 40.7 Å². The van der Waals surface area contributed by atoms with E-state index in [4.69, 9.17) is 11.6 Å². The SMILES string of the molecule is CON1NC1Cl. The molecule has 2 atom stereocenters. The van der Waals surface area contributed by atoms with Crippen molar-refractivity contribution >= 4 is 11.6 Å². The number of nitrogens with zero attached hydrogens (tertiary/aromatic N) is 1. The summed E-state index contributed by atoms with van der Waals surface area (Å²) >= 11 is 5.34. The fourth-order valence-corrected chi connectivity index (χ4v) is 0.393. The van der Waals surface area contributed by atoms with Crippen LogP contribution in [0.5, 0.6) is 0 Å². The van der Waals surface area contributed by atoms with Gasteiger partial charge in [0.25, 0.3) is 0 Å². The van der Waals surface area contributed by atoms with Gasteiger partial charge in [0.15, 0.2) is 5.62 Å². The van der Waals surface area contributed by atoms with Gasteiger partial charge in [0.2, 0.25) is 0 Å². The second-order valence-corrected chi connectivity index (χ2v) is 1.39. The summed E-state index contributed by atoms with van der Waals surface area (Å²) in [4.78, 5) is 4.56. The Balaban J connectivity index is 2.09. The Bertz CT molecular complexity index is 57.5. The van der Waals surface area contributed by atoms with Crippen molar-refractivity contribution in [1.29, 1.82) is 0 Å². The standard InChI is InChI=1S/C2H5ClN2O/c1-6-5-2(3)4-5/h2,4H,1H3. The maximum atomic E-state index is 5.34. The van der Waals surface area contributed by atoms with E-state index in [1.165, 1.54) is 5.17 Å². The number of hydroxylamine groups is 1. The number of hydrogen-bond donors (Lipinski definition) is 1. The molecule has 0 amide bonds. The van der Waals surface area contributed by atoms with Crippen molar-refractivity contribution in [3.05, 3.63) is 0 Å². The molecule has 6 heavy (non-hydrogen) atoms. The number of alkyl halides is 1. The van der Waals surface area contributed by atoms with Gasteiger partial charge in [0.05, 0.1) is 7.11 Å². The number of nitrogens with one attached hydrogen (secondary N) is 1. The van der Waals surface area contributed by atoms with E-state index in [1.54, 1.807) is 7.11 Å². The molecule has 1 aliphatic rings. The molecule has 0 aromatic carbocycles. The molecule has 0 radical (unpaired) electrons. The zero-order valence-electron chi connectivity index (χ0n) is 3.31. The highest BCUT2D eigenvalue weighted by Gasteiger charge is 2.30. The van der Waals surface area contributed by atoms with Crippen molar-refractivity contribution in [2.75, 3.05) is 7.11 Å². The van der Waals surface area contributed by atoms with Crippen LogP contribution in [0.25, 0.3) is 0 Å². The van der Waals surface area contributed by atoms with Crippen molar-refractivity contribution in [3.8, 4) is 0 Å². The first-order valence-corrected chi connectivity index (χ1v) is 2.02. The Kier molecular flexibility index (Phi) is 0.972. The van der Waals surface area contributed by atoms with Crippen LogP contribution in [-0.4, -0.2) is 17.9 Å². The average Bonchev–Trinajstić information content (AvgIpc) is 2.19. The third-order valence-corrected chi connectivity index (χ3v) is 0.843. The summed E-state index contributed by atoms with van der Waals surface area (Å²) in [6.45, 7) is 0. The lowest BCUT2D eigenvalue weighted by molar-refractivity contribution is -0.0447. The number of hydrazine groups is 1. The number of hydrogen-bond acceptors (Lipinski definition) is 3. The van der Waals surface area contributed by atoms with Crippen molar-refractivity contribution in [2.45, 2.75) is 5.62 Å². The molecule has 1 rings (SSSR count). The summed E-state index contributed by atoms with van der Waals surface area (Å²) in [5.41, 5.74) is 2.56. The minimum Gasteiger partial charge on any atom is -0.285 e. The van der Waals surface area contributed by atoms with Gasteiger partial charge in [-0.2, -0.15) is 5.43 Å². The zero-order valence-corrected chi connectivity index (χ0v) is 4.07. The largest absolute Gasteiger partial charge is 0.285 e. The lowest BCUT2D eigenvalue weighted by atomic mass is 11.4. The molecular weight excluding hydrogens is 103 g/mol. The lowest BCUT2D eigenvalue weighted by Crippen LogP contribution is -1.95. The van der Waals surface area contributed by atoms with Crippen LogP contribution >= 0.6 is 11.6 Å². The van der Waals surface area contributed by atoms with E-state index in [0.717, 1.165) is 0 Å². The quantitative estimate of drug-likeness (QED) is 0.289. The van der Waals surface area contributed by atoms with Gasteiger partial charge in [-0.15, -0.1) is 0 Å². The first kappa shape index (κ1) is 4.33. The summed E-state index contributed by atoms with van der Waals surface area (Å²) in [7, 11) is 1.55. The Hall–Kier alpha value is 0.170. The van der Waals surface area contributed by atoms with Crippen LogP contribution in [0.2, 0.25) is 0 Å². The van der Waals surface area contributed by atoms with E-state index in [1.807, 2.05) is 0 Å². The van der Waals surface area contributed by atoms with E-state index < -0.39 is 0 Å². The highest BCUT2D eigenvalue weighted by Crippen LogP contribution is 2.10. The summed E-state index contributed by atoms with van der Waals surface area (Å²) in [6.07, 6.45) is 0. The monoisotopic (exact) mass is 108 g/mol. The first-order chi connectivity index (χ1) is 2.84. The summed E-state index contributed by atoms with van der Waals surface area (Å²) < 4.78 is 0. The minimum absolute atomic E-state index is 0.102. The molecule has 0 spiro atoms. The van der Waals surface area contributed by atoms with Crippen LogP contribution in [-0.2, 0) is 4.84 Å². The van der Waals surface area contributed by atoms with E-state index in [9.17, 15) is 0 Å². The Morgan fingerprint density at radius 2 is 2.50 bits per heavy atom. The maximum absolute atomic E-state index is 5.34. The molecule has 0 saturated carbocycles. The molecule has 4 heteroatoms. The lowest BCUT2D eigenvalue weighted by Gasteiger charge is -1.84. The molecule has 0 aromatic heterocycles. The van der Waals surface area contributed by atoms with E-state index in [-0.39, 0.29) is 5.62 Å². The van der Waals surface area contributed by atoms with Gasteiger partial charge in [-0.25, -0.2) is 0 Å². The van der Waals surface area contributed by atoms with E-state index in [0.29, 0.717) is 0 Å². The molecule has 1 N–H and O–H groups in total. The van der Waals surface area contributed by atoms with Crippen LogP contribution in [0.1, 0.15) is 0 Å². The fraction of sp³-hybridized carbons (Fsp3) is 1.00. The van der Waals surface area contributed by atoms with Gasteiger partial charge in [-0.1, -0.05) is 16.8 Å². The van der Waals surface area contributed by atoms with Gasteiger partial charge in [-0.3, -0.25) is 4.84 Å². The number of halogens is 1. The van der Waals surface area contributed by atoms with Crippen LogP contribution < -0.4 is 5.43 Å². The zero-order chi connectivity index (χ0) is 4.57. The predicted octanol–water partition coefficient (Wildman–Crippen LogP) is -0.110. The first-order valence-electron chi connectivity index (χ1n) is 1.58. The van der Waals surface area contributed by atoms with Crippen LogP contribution in [0, 0.1) is 0 Å². The van der Waals surface area contributed by atoms with Crippen LogP contribution in [0.4, 0.5) is 0 Å². The van der Waals surface area contributed by atoms with Gasteiger partial charge in [-0.05, 0) is 0 Å². The fourth-order valence-electron chi connectivity index (χ4n) is 0.217. The Morgan fingerprint density at radius 1 is 2.00 bits per heavy atom. The molecule has 1 fully saturated rings. The van der Waals surface area contributed by atoms with Crippen molar-refractivity contribution in [3.63, 3.8) is 0 Å². The molecule has 36 valence electrons. The molecule has 1 heterocycles. The second-order valence-electron chi connectivity index (χ2n) is 0.973. The minimum atomic E-state index is -0.102. The summed E-state index contributed by atoms with van der Waals surface area (Å²) in [5.74, 6) is 0. The third-order valence-electron chi connectivity index (χ3n) is 0.569. The van der Waals surface area contributed by atoms with Crippen molar-refractivity contribution in [2.24, 2.45) is 0 Å². The van der Waals surface area contributed by atoms with Crippen LogP contribution in [0.15, 0.2) is 0 Å². The van der Waals surface area contributed by atoms with Gasteiger partial charge < -0.3 is 0 Å². The second kappa shape index (κ2) is 1.35. The van der Waals surface area contributed by atoms with Crippen molar-refractivity contribution in [1.82, 2.24) is 10.6 Å².